The molecule has 0 amide bonds. The van der Waals surface area contributed by atoms with Crippen molar-refractivity contribution in [1.29, 1.82) is 0 Å². The second kappa shape index (κ2) is 5.98. The minimum atomic E-state index is -0.760. The van der Waals surface area contributed by atoms with Crippen molar-refractivity contribution in [2.24, 2.45) is 0 Å². The van der Waals surface area contributed by atoms with E-state index in [1.807, 2.05) is 11.8 Å². The summed E-state index contributed by atoms with van der Waals surface area (Å²) in [4.78, 5) is 12.6. The Balaban J connectivity index is 0.00000144. The molecule has 1 aliphatic rings. The van der Waals surface area contributed by atoms with E-state index in [1.54, 1.807) is 6.92 Å². The summed E-state index contributed by atoms with van der Waals surface area (Å²) in [6.07, 6.45) is 0. The number of carboxylic acid groups (broad SMARTS) is 1. The Bertz CT molecular complexity index is 177. The zero-order valence-electron chi connectivity index (χ0n) is 8.49. The van der Waals surface area contributed by atoms with Gasteiger partial charge in [0.05, 0.1) is 13.2 Å². The SMILES string of the molecule is CC1COCCN1C(C)C(=O)O.[Na]. The molecule has 0 spiro atoms. The van der Waals surface area contributed by atoms with Gasteiger partial charge in [-0.1, -0.05) is 0 Å². The standard InChI is InChI=1S/C8H15NO3.Na/c1-6-5-12-4-3-9(6)7(2)8(10)11;/h6-7H,3-5H2,1-2H3,(H,10,11);. The van der Waals surface area contributed by atoms with E-state index in [1.165, 1.54) is 0 Å². The fourth-order valence-electron chi connectivity index (χ4n) is 1.46. The molecule has 1 N–H and O–H groups in total. The largest absolute Gasteiger partial charge is 0.480 e. The molecule has 4 nitrogen and oxygen atoms in total. The normalized spacial score (nSPS) is 26.2. The fraction of sp³-hybridized carbons (Fsp3) is 0.875. The van der Waals surface area contributed by atoms with Crippen LogP contribution in [0.1, 0.15) is 13.8 Å². The second-order valence-corrected chi connectivity index (χ2v) is 3.18. The number of ether oxygens (including phenoxy) is 1. The third-order valence-electron chi connectivity index (χ3n) is 2.27. The van der Waals surface area contributed by atoms with Crippen molar-refractivity contribution < 1.29 is 14.6 Å². The summed E-state index contributed by atoms with van der Waals surface area (Å²) in [6, 6.07) is -0.186. The summed E-state index contributed by atoms with van der Waals surface area (Å²) in [7, 11) is 0. The Morgan fingerprint density at radius 3 is 2.77 bits per heavy atom. The summed E-state index contributed by atoms with van der Waals surface area (Å²) in [6.45, 7) is 5.69. The van der Waals surface area contributed by atoms with Gasteiger partial charge in [0.15, 0.2) is 0 Å². The Morgan fingerprint density at radius 2 is 2.31 bits per heavy atom. The number of hydrogen-bond donors (Lipinski definition) is 1. The predicted octanol–water partition coefficient (Wildman–Crippen LogP) is -0.201. The van der Waals surface area contributed by atoms with Gasteiger partial charge in [0.25, 0.3) is 0 Å². The number of rotatable bonds is 2. The van der Waals surface area contributed by atoms with Crippen molar-refractivity contribution in [3.63, 3.8) is 0 Å². The van der Waals surface area contributed by atoms with Crippen LogP contribution < -0.4 is 0 Å². The molecule has 0 aliphatic carbocycles. The average molecular weight is 196 g/mol. The van der Waals surface area contributed by atoms with Crippen LogP contribution in [0.3, 0.4) is 0 Å². The van der Waals surface area contributed by atoms with Gasteiger partial charge in [0.2, 0.25) is 0 Å². The summed E-state index contributed by atoms with van der Waals surface area (Å²) in [5, 5.41) is 8.77. The molecular formula is C8H15NNaO3. The first-order valence-electron chi connectivity index (χ1n) is 4.19. The van der Waals surface area contributed by atoms with Gasteiger partial charge < -0.3 is 9.84 Å². The Morgan fingerprint density at radius 1 is 1.69 bits per heavy atom. The van der Waals surface area contributed by atoms with Crippen molar-refractivity contribution in [2.45, 2.75) is 25.9 Å². The molecule has 0 aromatic rings. The molecule has 71 valence electrons. The second-order valence-electron chi connectivity index (χ2n) is 3.18. The minimum Gasteiger partial charge on any atom is -0.480 e. The van der Waals surface area contributed by atoms with Crippen LogP contribution in [0, 0.1) is 0 Å². The topological polar surface area (TPSA) is 49.8 Å². The van der Waals surface area contributed by atoms with Crippen molar-refractivity contribution >= 4 is 35.5 Å². The summed E-state index contributed by atoms with van der Waals surface area (Å²) in [5.41, 5.74) is 0. The van der Waals surface area contributed by atoms with Crippen molar-refractivity contribution in [1.82, 2.24) is 4.90 Å². The summed E-state index contributed by atoms with van der Waals surface area (Å²) < 4.78 is 5.21. The molecule has 2 unspecified atom stereocenters. The third kappa shape index (κ3) is 3.56. The van der Waals surface area contributed by atoms with E-state index in [-0.39, 0.29) is 35.6 Å². The van der Waals surface area contributed by atoms with Crippen LogP contribution in [0.2, 0.25) is 0 Å². The molecular weight excluding hydrogens is 181 g/mol. The van der Waals surface area contributed by atoms with Crippen LogP contribution in [0.5, 0.6) is 0 Å². The van der Waals surface area contributed by atoms with Crippen LogP contribution in [0.15, 0.2) is 0 Å². The zero-order chi connectivity index (χ0) is 9.14. The van der Waals surface area contributed by atoms with E-state index >= 15 is 0 Å². The minimum absolute atomic E-state index is 0. The number of hydrogen-bond acceptors (Lipinski definition) is 3. The van der Waals surface area contributed by atoms with E-state index in [0.29, 0.717) is 19.8 Å². The van der Waals surface area contributed by atoms with Gasteiger partial charge in [-0.25, -0.2) is 0 Å². The smallest absolute Gasteiger partial charge is 0.320 e. The molecule has 1 aliphatic heterocycles. The van der Waals surface area contributed by atoms with Crippen molar-refractivity contribution in [3.05, 3.63) is 0 Å². The van der Waals surface area contributed by atoms with Crippen LogP contribution in [0.4, 0.5) is 0 Å². The first-order chi connectivity index (χ1) is 5.63. The van der Waals surface area contributed by atoms with E-state index < -0.39 is 12.0 Å². The first-order valence-corrected chi connectivity index (χ1v) is 4.19. The van der Waals surface area contributed by atoms with Crippen LogP contribution >= 0.6 is 0 Å². The van der Waals surface area contributed by atoms with Gasteiger partial charge in [-0.3, -0.25) is 9.69 Å². The fourth-order valence-corrected chi connectivity index (χ4v) is 1.46. The zero-order valence-corrected chi connectivity index (χ0v) is 10.5. The Kier molecular flexibility index (Phi) is 6.16. The summed E-state index contributed by atoms with van der Waals surface area (Å²) in [5.74, 6) is -0.760. The third-order valence-corrected chi connectivity index (χ3v) is 2.27. The van der Waals surface area contributed by atoms with E-state index in [2.05, 4.69) is 0 Å². The molecule has 1 saturated heterocycles. The van der Waals surface area contributed by atoms with Gasteiger partial charge in [0, 0.05) is 42.1 Å². The molecule has 0 bridgehead atoms. The predicted molar refractivity (Wildman–Crippen MR) is 49.8 cm³/mol. The monoisotopic (exact) mass is 196 g/mol. The molecule has 1 rings (SSSR count). The van der Waals surface area contributed by atoms with E-state index in [4.69, 9.17) is 9.84 Å². The maximum atomic E-state index is 10.7. The van der Waals surface area contributed by atoms with Gasteiger partial charge in [-0.05, 0) is 13.8 Å². The number of morpholine rings is 1. The number of carboxylic acids is 1. The summed E-state index contributed by atoms with van der Waals surface area (Å²) >= 11 is 0. The Hall–Kier alpha value is 0.390. The number of carbonyl (C=O) groups is 1. The van der Waals surface area contributed by atoms with Gasteiger partial charge >= 0.3 is 5.97 Å². The van der Waals surface area contributed by atoms with Gasteiger partial charge in [-0.2, -0.15) is 0 Å². The van der Waals surface area contributed by atoms with Gasteiger partial charge in [-0.15, -0.1) is 0 Å². The van der Waals surface area contributed by atoms with Crippen molar-refractivity contribution in [3.8, 4) is 0 Å². The first kappa shape index (κ1) is 13.4. The quantitative estimate of drug-likeness (QED) is 0.621. The van der Waals surface area contributed by atoms with E-state index in [9.17, 15) is 4.79 Å². The van der Waals surface area contributed by atoms with Crippen LogP contribution in [-0.2, 0) is 9.53 Å². The number of aliphatic carboxylic acids is 1. The molecule has 13 heavy (non-hydrogen) atoms. The van der Waals surface area contributed by atoms with Gasteiger partial charge in [0.1, 0.15) is 6.04 Å². The number of nitrogens with zero attached hydrogens (tertiary/aromatic N) is 1. The van der Waals surface area contributed by atoms with Crippen molar-refractivity contribution in [2.75, 3.05) is 19.8 Å². The Labute approximate surface area is 101 Å². The molecule has 0 aromatic carbocycles. The van der Waals surface area contributed by atoms with Crippen LogP contribution in [-0.4, -0.2) is 77.4 Å². The molecule has 1 heterocycles. The van der Waals surface area contributed by atoms with Crippen LogP contribution in [0.25, 0.3) is 0 Å². The molecule has 2 atom stereocenters. The maximum absolute atomic E-state index is 10.7. The molecule has 1 radical (unpaired) electrons. The average Bonchev–Trinajstić information content (AvgIpc) is 2.04. The molecule has 0 saturated carbocycles. The molecule has 1 fully saturated rings. The van der Waals surface area contributed by atoms with E-state index in [0.717, 1.165) is 0 Å². The maximum Gasteiger partial charge on any atom is 0.320 e. The molecule has 0 aromatic heterocycles. The molecule has 5 heteroatoms.